The second-order valence-corrected chi connectivity index (χ2v) is 4.48. The van der Waals surface area contributed by atoms with Crippen LogP contribution in [0.4, 0.5) is 0 Å². The van der Waals surface area contributed by atoms with Gasteiger partial charge in [-0.25, -0.2) is 4.79 Å². The predicted octanol–water partition coefficient (Wildman–Crippen LogP) is 1.19. The summed E-state index contributed by atoms with van der Waals surface area (Å²) in [4.78, 5) is 11.7. The number of esters is 1. The first-order valence-electron chi connectivity index (χ1n) is 5.86. The number of fused-ring (bicyclic) bond motifs is 2. The van der Waals surface area contributed by atoms with Gasteiger partial charge in [-0.1, -0.05) is 6.07 Å². The van der Waals surface area contributed by atoms with E-state index in [9.17, 15) is 4.79 Å². The van der Waals surface area contributed by atoms with Crippen molar-refractivity contribution in [1.82, 2.24) is 5.32 Å². The SMILES string of the molecule is COCC1OC(=O)c2cc3c(cc21)CCNC3. The van der Waals surface area contributed by atoms with Gasteiger partial charge in [-0.3, -0.25) is 0 Å². The van der Waals surface area contributed by atoms with Crippen molar-refractivity contribution >= 4 is 5.97 Å². The standard InChI is InChI=1S/C13H15NO3/c1-16-7-12-10-4-8-2-3-14-6-9(8)5-11(10)13(15)17-12/h4-5,12,14H,2-3,6-7H2,1H3. The van der Waals surface area contributed by atoms with Crippen molar-refractivity contribution in [1.29, 1.82) is 0 Å². The minimum atomic E-state index is -0.234. The van der Waals surface area contributed by atoms with Crippen LogP contribution in [-0.4, -0.2) is 26.2 Å². The van der Waals surface area contributed by atoms with E-state index in [1.165, 1.54) is 11.1 Å². The van der Waals surface area contributed by atoms with E-state index in [1.807, 2.05) is 6.07 Å². The van der Waals surface area contributed by atoms with Crippen LogP contribution in [0.15, 0.2) is 12.1 Å². The molecule has 0 saturated heterocycles. The van der Waals surface area contributed by atoms with Crippen molar-refractivity contribution in [3.8, 4) is 0 Å². The molecule has 2 aliphatic rings. The Morgan fingerprint density at radius 1 is 1.47 bits per heavy atom. The fraction of sp³-hybridized carbons (Fsp3) is 0.462. The van der Waals surface area contributed by atoms with E-state index in [-0.39, 0.29) is 12.1 Å². The Bertz CT molecular complexity index is 470. The van der Waals surface area contributed by atoms with Gasteiger partial charge in [0.25, 0.3) is 0 Å². The molecule has 1 unspecified atom stereocenters. The highest BCUT2D eigenvalue weighted by atomic mass is 16.6. The number of hydrogen-bond donors (Lipinski definition) is 1. The Kier molecular flexibility index (Phi) is 2.61. The highest BCUT2D eigenvalue weighted by Gasteiger charge is 2.32. The lowest BCUT2D eigenvalue weighted by Gasteiger charge is -2.18. The molecule has 0 radical (unpaired) electrons. The van der Waals surface area contributed by atoms with Gasteiger partial charge in [0, 0.05) is 19.2 Å². The van der Waals surface area contributed by atoms with Crippen LogP contribution in [0.1, 0.15) is 33.2 Å². The summed E-state index contributed by atoms with van der Waals surface area (Å²) in [7, 11) is 1.62. The first-order chi connectivity index (χ1) is 8.29. The second-order valence-electron chi connectivity index (χ2n) is 4.48. The fourth-order valence-electron chi connectivity index (χ4n) is 2.53. The molecule has 0 saturated carbocycles. The summed E-state index contributed by atoms with van der Waals surface area (Å²) < 4.78 is 10.4. The zero-order valence-corrected chi connectivity index (χ0v) is 9.79. The van der Waals surface area contributed by atoms with Crippen molar-refractivity contribution in [2.24, 2.45) is 0 Å². The smallest absolute Gasteiger partial charge is 0.339 e. The van der Waals surface area contributed by atoms with E-state index in [2.05, 4.69) is 11.4 Å². The summed E-state index contributed by atoms with van der Waals surface area (Å²) in [5, 5.41) is 3.31. The van der Waals surface area contributed by atoms with Gasteiger partial charge in [-0.05, 0) is 30.2 Å². The zero-order valence-electron chi connectivity index (χ0n) is 9.79. The minimum absolute atomic E-state index is 0.226. The largest absolute Gasteiger partial charge is 0.451 e. The number of ether oxygens (including phenoxy) is 2. The monoisotopic (exact) mass is 233 g/mol. The van der Waals surface area contributed by atoms with Gasteiger partial charge in [0.1, 0.15) is 0 Å². The molecule has 1 atom stereocenters. The Balaban J connectivity index is 2.04. The molecule has 0 aromatic heterocycles. The molecular formula is C13H15NO3. The van der Waals surface area contributed by atoms with Crippen molar-refractivity contribution < 1.29 is 14.3 Å². The third-order valence-electron chi connectivity index (χ3n) is 3.39. The van der Waals surface area contributed by atoms with Gasteiger partial charge >= 0.3 is 5.97 Å². The van der Waals surface area contributed by atoms with Gasteiger partial charge in [-0.15, -0.1) is 0 Å². The van der Waals surface area contributed by atoms with Gasteiger partial charge in [0.15, 0.2) is 6.10 Å². The first-order valence-corrected chi connectivity index (χ1v) is 5.86. The lowest BCUT2D eigenvalue weighted by atomic mass is 9.93. The number of cyclic esters (lactones) is 1. The van der Waals surface area contributed by atoms with Crippen molar-refractivity contribution in [3.63, 3.8) is 0 Å². The Morgan fingerprint density at radius 3 is 3.18 bits per heavy atom. The Hall–Kier alpha value is -1.39. The van der Waals surface area contributed by atoms with Crippen molar-refractivity contribution in [3.05, 3.63) is 34.4 Å². The number of hydrogen-bond acceptors (Lipinski definition) is 4. The molecular weight excluding hydrogens is 218 g/mol. The van der Waals surface area contributed by atoms with Crippen molar-refractivity contribution in [2.75, 3.05) is 20.3 Å². The lowest BCUT2D eigenvalue weighted by molar-refractivity contribution is 0.0152. The first kappa shape index (κ1) is 10.7. The van der Waals surface area contributed by atoms with E-state index in [4.69, 9.17) is 9.47 Å². The molecule has 17 heavy (non-hydrogen) atoms. The van der Waals surface area contributed by atoms with Gasteiger partial charge in [-0.2, -0.15) is 0 Å². The van der Waals surface area contributed by atoms with Crippen LogP contribution >= 0.6 is 0 Å². The van der Waals surface area contributed by atoms with Crippen LogP contribution in [0.5, 0.6) is 0 Å². The highest BCUT2D eigenvalue weighted by molar-refractivity contribution is 5.94. The minimum Gasteiger partial charge on any atom is -0.451 e. The van der Waals surface area contributed by atoms with E-state index in [1.54, 1.807) is 7.11 Å². The molecule has 0 spiro atoms. The molecule has 3 rings (SSSR count). The molecule has 90 valence electrons. The normalized spacial score (nSPS) is 21.9. The molecule has 0 bridgehead atoms. The highest BCUT2D eigenvalue weighted by Crippen LogP contribution is 2.33. The van der Waals surface area contributed by atoms with Gasteiger partial charge < -0.3 is 14.8 Å². The Labute approximate surface area is 99.9 Å². The molecule has 4 heteroatoms. The van der Waals surface area contributed by atoms with E-state index in [0.29, 0.717) is 12.2 Å². The number of nitrogens with one attached hydrogen (secondary N) is 1. The number of carbonyl (C=O) groups is 1. The quantitative estimate of drug-likeness (QED) is 0.779. The number of benzene rings is 1. The van der Waals surface area contributed by atoms with Gasteiger partial charge in [0.2, 0.25) is 0 Å². The third kappa shape index (κ3) is 1.73. The summed E-state index contributed by atoms with van der Waals surface area (Å²) in [5.74, 6) is -0.226. The molecule has 1 aromatic carbocycles. The number of carbonyl (C=O) groups excluding carboxylic acids is 1. The van der Waals surface area contributed by atoms with Crippen molar-refractivity contribution in [2.45, 2.75) is 19.1 Å². The summed E-state index contributed by atoms with van der Waals surface area (Å²) in [6, 6.07) is 4.08. The molecule has 2 aliphatic heterocycles. The zero-order chi connectivity index (χ0) is 11.8. The van der Waals surface area contributed by atoms with E-state index in [0.717, 1.165) is 25.1 Å². The molecule has 1 N–H and O–H groups in total. The predicted molar refractivity (Wildman–Crippen MR) is 61.9 cm³/mol. The number of rotatable bonds is 2. The summed E-state index contributed by atoms with van der Waals surface area (Å²) >= 11 is 0. The summed E-state index contributed by atoms with van der Waals surface area (Å²) in [6.07, 6.45) is 0.777. The Morgan fingerprint density at radius 2 is 2.35 bits per heavy atom. The fourth-order valence-corrected chi connectivity index (χ4v) is 2.53. The van der Waals surface area contributed by atoms with E-state index >= 15 is 0 Å². The maximum absolute atomic E-state index is 11.7. The van der Waals surface area contributed by atoms with Crippen LogP contribution in [0.2, 0.25) is 0 Å². The van der Waals surface area contributed by atoms with Crippen LogP contribution in [0, 0.1) is 0 Å². The van der Waals surface area contributed by atoms with Gasteiger partial charge in [0.05, 0.1) is 12.2 Å². The molecule has 1 aromatic rings. The average molecular weight is 233 g/mol. The van der Waals surface area contributed by atoms with E-state index < -0.39 is 0 Å². The topological polar surface area (TPSA) is 47.6 Å². The maximum atomic E-state index is 11.7. The lowest BCUT2D eigenvalue weighted by Crippen LogP contribution is -2.24. The summed E-state index contributed by atoms with van der Waals surface area (Å²) in [6.45, 7) is 2.26. The third-order valence-corrected chi connectivity index (χ3v) is 3.39. The summed E-state index contributed by atoms with van der Waals surface area (Å²) in [5.41, 5.74) is 4.22. The molecule has 0 amide bonds. The van der Waals surface area contributed by atoms with Crippen LogP contribution < -0.4 is 5.32 Å². The van der Waals surface area contributed by atoms with Crippen LogP contribution in [-0.2, 0) is 22.4 Å². The second kappa shape index (κ2) is 4.13. The van der Waals surface area contributed by atoms with Crippen LogP contribution in [0.25, 0.3) is 0 Å². The molecule has 4 nitrogen and oxygen atoms in total. The molecule has 0 aliphatic carbocycles. The van der Waals surface area contributed by atoms with Crippen LogP contribution in [0.3, 0.4) is 0 Å². The molecule has 0 fully saturated rings. The number of methoxy groups -OCH3 is 1. The average Bonchev–Trinajstić information content (AvgIpc) is 2.64. The maximum Gasteiger partial charge on any atom is 0.339 e. The molecule has 2 heterocycles.